The quantitative estimate of drug-likeness (QED) is 0.0157. The Bertz CT molecular complexity index is 1910. The molecule has 0 aliphatic heterocycles. The molecule has 0 aromatic heterocycles. The van der Waals surface area contributed by atoms with E-state index in [1.165, 1.54) is 0 Å². The van der Waals surface area contributed by atoms with Gasteiger partial charge in [-0.15, -0.1) is 0 Å². The van der Waals surface area contributed by atoms with Crippen LogP contribution in [0.3, 0.4) is 0 Å². The summed E-state index contributed by atoms with van der Waals surface area (Å²) >= 11 is 12.5. The number of hydrogen-bond donors (Lipinski definition) is 15. The molecular formula is C54H99N12O20S3. The molecule has 0 aliphatic carbocycles. The Morgan fingerprint density at radius 2 is 0.685 bits per heavy atom. The van der Waals surface area contributed by atoms with Crippen LogP contribution in [-0.2, 0) is 95.3 Å². The average molecular weight is 1330 g/mol. The lowest BCUT2D eigenvalue weighted by molar-refractivity contribution is -0.501. The van der Waals surface area contributed by atoms with Gasteiger partial charge in [-0.25, -0.2) is 0 Å². The molecule has 0 aromatic carbocycles. The van der Waals surface area contributed by atoms with Gasteiger partial charge in [-0.3, -0.25) is 47.9 Å². The maximum absolute atomic E-state index is 12.7. The highest BCUT2D eigenvalue weighted by atomic mass is 32.1. The van der Waals surface area contributed by atoms with Crippen molar-refractivity contribution in [1.29, 1.82) is 0 Å². The Morgan fingerprint density at radius 1 is 0.393 bits per heavy atom. The van der Waals surface area contributed by atoms with E-state index in [2.05, 4.69) is 96.4 Å². The fourth-order valence-corrected chi connectivity index (χ4v) is 7.31. The minimum Gasteiger partial charge on any atom is -0.380 e. The maximum Gasteiger partial charge on any atom is 0.413 e. The second-order valence-electron chi connectivity index (χ2n) is 19.6. The van der Waals surface area contributed by atoms with E-state index in [1.807, 2.05) is 34.6 Å². The van der Waals surface area contributed by atoms with Crippen LogP contribution < -0.4 is 64.2 Å². The summed E-state index contributed by atoms with van der Waals surface area (Å²) in [6.45, 7) is 14.5. The van der Waals surface area contributed by atoms with Gasteiger partial charge in [0.05, 0.1) is 98.5 Å². The van der Waals surface area contributed by atoms with E-state index in [9.17, 15) is 47.9 Å². The van der Waals surface area contributed by atoms with Crippen LogP contribution in [0.2, 0.25) is 0 Å². The highest BCUT2D eigenvalue weighted by Crippen LogP contribution is 2.18. The summed E-state index contributed by atoms with van der Waals surface area (Å²) < 4.78 is 56.8. The van der Waals surface area contributed by atoms with Crippen LogP contribution in [-0.4, -0.2) is 251 Å². The fraction of sp³-hybridized carbons (Fsp3) is 0.759. The first-order chi connectivity index (χ1) is 42.7. The minimum absolute atomic E-state index is 0.00542. The van der Waals surface area contributed by atoms with Gasteiger partial charge in [0.25, 0.3) is 0 Å². The molecule has 3 atom stereocenters. The van der Waals surface area contributed by atoms with Gasteiger partial charge in [0.2, 0.25) is 59.1 Å². The first kappa shape index (κ1) is 84.3. The highest BCUT2D eigenvalue weighted by Gasteiger charge is 2.36. The van der Waals surface area contributed by atoms with Crippen LogP contribution in [0.25, 0.3) is 0 Å². The summed E-state index contributed by atoms with van der Waals surface area (Å²) in [5, 5.41) is 28.2. The highest BCUT2D eigenvalue weighted by molar-refractivity contribution is 7.80. The predicted molar refractivity (Wildman–Crippen MR) is 334 cm³/mol. The number of carbonyl (C=O) groups is 10. The molecule has 0 bridgehead atoms. The number of ether oxygens (including phenoxy) is 10. The van der Waals surface area contributed by atoms with E-state index < -0.39 is 71.5 Å². The molecule has 35 heteroatoms. The van der Waals surface area contributed by atoms with Gasteiger partial charge in [-0.05, 0) is 33.6 Å². The van der Waals surface area contributed by atoms with E-state index in [0.29, 0.717) is 39.5 Å². The third-order valence-corrected chi connectivity index (χ3v) is 11.8. The third-order valence-electron chi connectivity index (χ3n) is 10.7. The zero-order valence-corrected chi connectivity index (χ0v) is 54.7. The van der Waals surface area contributed by atoms with E-state index in [0.717, 1.165) is 32.5 Å². The molecule has 0 rings (SSSR count). The van der Waals surface area contributed by atoms with Gasteiger partial charge in [-0.1, -0.05) is 13.8 Å². The Labute approximate surface area is 539 Å². The Balaban J connectivity index is 5.39. The van der Waals surface area contributed by atoms with E-state index in [-0.39, 0.29) is 166 Å². The lowest BCUT2D eigenvalue weighted by Gasteiger charge is -2.32. The predicted octanol–water partition coefficient (Wildman–Crippen LogP) is -3.97. The molecule has 32 nitrogen and oxygen atoms in total. The number of carbonyl (C=O) groups excluding carboxylic acids is 10. The second-order valence-corrected chi connectivity index (χ2v) is 20.7. The lowest BCUT2D eigenvalue weighted by atomic mass is 10.1. The van der Waals surface area contributed by atoms with Crippen molar-refractivity contribution in [2.75, 3.05) is 162 Å². The fourth-order valence-electron chi connectivity index (χ4n) is 6.53. The van der Waals surface area contributed by atoms with E-state index in [4.69, 9.17) is 53.1 Å². The zero-order chi connectivity index (χ0) is 66.4. The van der Waals surface area contributed by atoms with Crippen molar-refractivity contribution >= 4 is 97.0 Å². The van der Waals surface area contributed by atoms with Crippen molar-refractivity contribution in [3.05, 3.63) is 19.6 Å². The van der Waals surface area contributed by atoms with Crippen LogP contribution in [0.15, 0.2) is 0 Å². The van der Waals surface area contributed by atoms with Gasteiger partial charge in [0, 0.05) is 101 Å². The molecule has 0 saturated heterocycles. The summed E-state index contributed by atoms with van der Waals surface area (Å²) in [6.07, 6.45) is -1.07. The largest absolute Gasteiger partial charge is 0.413 e. The summed E-state index contributed by atoms with van der Waals surface area (Å²) in [6, 6.07) is -2.82. The van der Waals surface area contributed by atoms with Crippen molar-refractivity contribution in [3.8, 4) is 0 Å². The number of nitrogens with two attached hydrogens (primary N) is 1. The molecule has 513 valence electrons. The SMILES string of the molecule is CCCOCCNC(=O)CCC(=O)NC(CS)C(=O)N[CH]C(=O)NCCOCCOC(OCCOCCN)(OCCOCCNC(=O)[CH]NC(=O)C(CS)NC(=O)CCC(=O)NCCOCCC)OCCOCCNC(=O)[CH]NC(=O)C(CS)NC(C)(C)C. The van der Waals surface area contributed by atoms with Gasteiger partial charge < -0.3 is 112 Å². The third kappa shape index (κ3) is 48.7. The van der Waals surface area contributed by atoms with Crippen LogP contribution in [0.4, 0.5) is 0 Å². The molecule has 89 heavy (non-hydrogen) atoms. The summed E-state index contributed by atoms with van der Waals surface area (Å²) in [5.74, 6) is -5.57. The van der Waals surface area contributed by atoms with Gasteiger partial charge in [-0.2, -0.15) is 37.9 Å². The molecule has 13 N–H and O–H groups in total. The average Bonchev–Trinajstić information content (AvgIpc) is 3.71. The standard InChI is InChI=1S/C54H99N12O20S3/c1-6-18-77-21-13-56-43(67)8-10-45(69)64-40(37-87)50(74)61-34-47(71)58-15-23-80-27-31-84-54(83-30-26-79-20-12-55,86-33-29-82-25-17-60-49(73)36-63-52(76)42(39-89)66-53(3,4)5)85-32-28-81-24-16-59-48(72)35-62-51(75)41(38-88)65-46(70)11-9-44(68)57-14-22-78-19-7-2/h34-36,40-42,66,87-89H,6-33,37-39,55H2,1-5H3,(H,56,67)(H,57,68)(H,58,71)(H,59,72)(H,60,73)(H,61,74)(H,62,75)(H,63,76)(H,64,69)(H,65,70). The molecular weight excluding hydrogens is 1230 g/mol. The molecule has 0 saturated carbocycles. The summed E-state index contributed by atoms with van der Waals surface area (Å²) in [7, 11) is 0. The molecule has 0 heterocycles. The number of thiol groups is 3. The van der Waals surface area contributed by atoms with Crippen LogP contribution in [0, 0.1) is 19.6 Å². The van der Waals surface area contributed by atoms with Gasteiger partial charge >= 0.3 is 6.16 Å². The van der Waals surface area contributed by atoms with Crippen LogP contribution in [0.5, 0.6) is 0 Å². The minimum atomic E-state index is -2.20. The van der Waals surface area contributed by atoms with Crippen molar-refractivity contribution in [2.45, 2.75) is 103 Å². The first-order valence-corrected chi connectivity index (χ1v) is 31.3. The molecule has 10 amide bonds. The molecule has 0 aromatic rings. The molecule has 0 aliphatic rings. The lowest BCUT2D eigenvalue weighted by Crippen LogP contribution is -2.52. The number of amides is 10. The molecule has 3 unspecified atom stereocenters. The van der Waals surface area contributed by atoms with Crippen molar-refractivity contribution in [2.24, 2.45) is 5.73 Å². The molecule has 0 spiro atoms. The van der Waals surface area contributed by atoms with Crippen LogP contribution >= 0.6 is 37.9 Å². The number of hydrogen-bond acceptors (Lipinski definition) is 25. The monoisotopic (exact) mass is 1330 g/mol. The normalized spacial score (nSPS) is 13.0. The zero-order valence-electron chi connectivity index (χ0n) is 52.0. The molecule has 0 fully saturated rings. The Hall–Kier alpha value is -4.73. The summed E-state index contributed by atoms with van der Waals surface area (Å²) in [5.41, 5.74) is 5.21. The Kier molecular flexibility index (Phi) is 52.0. The van der Waals surface area contributed by atoms with Crippen molar-refractivity contribution in [3.63, 3.8) is 0 Å². The van der Waals surface area contributed by atoms with Crippen molar-refractivity contribution in [1.82, 2.24) is 58.5 Å². The Morgan fingerprint density at radius 3 is 0.989 bits per heavy atom. The van der Waals surface area contributed by atoms with Crippen molar-refractivity contribution < 1.29 is 95.3 Å². The summed E-state index contributed by atoms with van der Waals surface area (Å²) in [4.78, 5) is 124. The number of nitrogens with one attached hydrogen (secondary N) is 11. The first-order valence-electron chi connectivity index (χ1n) is 29.4. The maximum atomic E-state index is 12.7. The van der Waals surface area contributed by atoms with E-state index >= 15 is 0 Å². The molecule has 3 radical (unpaired) electrons. The second kappa shape index (κ2) is 55.0. The van der Waals surface area contributed by atoms with E-state index in [1.54, 1.807) is 0 Å². The van der Waals surface area contributed by atoms with Crippen LogP contribution in [0.1, 0.15) is 73.1 Å². The smallest absolute Gasteiger partial charge is 0.380 e. The van der Waals surface area contributed by atoms with Gasteiger partial charge in [0.15, 0.2) is 0 Å². The van der Waals surface area contributed by atoms with Gasteiger partial charge in [0.1, 0.15) is 31.7 Å². The number of rotatable bonds is 58. The topological polar surface area (TPSA) is 421 Å².